The van der Waals surface area contributed by atoms with Crippen LogP contribution in [-0.4, -0.2) is 11.3 Å². The van der Waals surface area contributed by atoms with Gasteiger partial charge in [0, 0.05) is 11.9 Å². The van der Waals surface area contributed by atoms with Crippen LogP contribution in [0.5, 0.6) is 5.75 Å². The summed E-state index contributed by atoms with van der Waals surface area (Å²) >= 11 is 0. The fourth-order valence-corrected chi connectivity index (χ4v) is 1.70. The number of anilines is 2. The van der Waals surface area contributed by atoms with Gasteiger partial charge < -0.3 is 10.1 Å². The van der Waals surface area contributed by atoms with Gasteiger partial charge in [0.05, 0.1) is 11.3 Å². The molecule has 0 saturated carbocycles. The van der Waals surface area contributed by atoms with Crippen LogP contribution in [0.15, 0.2) is 36.5 Å². The van der Waals surface area contributed by atoms with Crippen molar-refractivity contribution in [2.45, 2.75) is 12.5 Å². The Balaban J connectivity index is 2.26. The van der Waals surface area contributed by atoms with E-state index in [1.165, 1.54) is 0 Å². The number of aromatic nitrogens is 1. The van der Waals surface area contributed by atoms with Crippen molar-refractivity contribution in [2.75, 3.05) is 5.32 Å². The van der Waals surface area contributed by atoms with E-state index in [2.05, 4.69) is 15.0 Å². The highest BCUT2D eigenvalue weighted by molar-refractivity contribution is 5.65. The highest BCUT2D eigenvalue weighted by atomic mass is 19.4. The first-order chi connectivity index (χ1) is 11.1. The first-order valence-electron chi connectivity index (χ1n) is 6.18. The van der Waals surface area contributed by atoms with Crippen molar-refractivity contribution in [1.82, 2.24) is 4.98 Å². The van der Waals surface area contributed by atoms with Gasteiger partial charge in [0.1, 0.15) is 11.8 Å². The van der Waals surface area contributed by atoms with Crippen LogP contribution < -0.4 is 10.1 Å². The standard InChI is InChI=1S/C14H7F6N3O/c15-13(16,17)8-5-11(12(6-21)22-7-8)23-9-1-3-10(4-2-9)24-14(18,19)20/h1-5,7,23H. The van der Waals surface area contributed by atoms with E-state index in [9.17, 15) is 26.3 Å². The van der Waals surface area contributed by atoms with Crippen molar-refractivity contribution in [3.05, 3.63) is 47.8 Å². The van der Waals surface area contributed by atoms with Crippen molar-refractivity contribution in [1.29, 1.82) is 5.26 Å². The summed E-state index contributed by atoms with van der Waals surface area (Å²) in [6, 6.07) is 6.57. The second kappa shape index (κ2) is 6.27. The van der Waals surface area contributed by atoms with Gasteiger partial charge in [0.2, 0.25) is 0 Å². The smallest absolute Gasteiger partial charge is 0.406 e. The monoisotopic (exact) mass is 347 g/mol. The third-order valence-corrected chi connectivity index (χ3v) is 2.69. The molecule has 4 nitrogen and oxygen atoms in total. The molecule has 1 aromatic carbocycles. The molecule has 0 saturated heterocycles. The quantitative estimate of drug-likeness (QED) is 0.824. The summed E-state index contributed by atoms with van der Waals surface area (Å²) in [5.74, 6) is -0.490. The molecule has 0 unspecified atom stereocenters. The molecule has 24 heavy (non-hydrogen) atoms. The topological polar surface area (TPSA) is 57.9 Å². The Hall–Kier alpha value is -2.96. The summed E-state index contributed by atoms with van der Waals surface area (Å²) in [5, 5.41) is 11.4. The lowest BCUT2D eigenvalue weighted by Gasteiger charge is -2.12. The maximum atomic E-state index is 12.7. The number of alkyl halides is 6. The van der Waals surface area contributed by atoms with E-state index in [-0.39, 0.29) is 17.1 Å². The molecule has 0 amide bonds. The molecule has 0 bridgehead atoms. The largest absolute Gasteiger partial charge is 0.573 e. The number of rotatable bonds is 3. The van der Waals surface area contributed by atoms with Crippen LogP contribution in [0.1, 0.15) is 11.3 Å². The Morgan fingerprint density at radius 1 is 1.04 bits per heavy atom. The Kier molecular flexibility index (Phi) is 4.54. The van der Waals surface area contributed by atoms with Crippen LogP contribution in [0.4, 0.5) is 37.7 Å². The Morgan fingerprint density at radius 2 is 1.67 bits per heavy atom. The molecular weight excluding hydrogens is 340 g/mol. The van der Waals surface area contributed by atoms with E-state index < -0.39 is 23.9 Å². The number of hydrogen-bond acceptors (Lipinski definition) is 4. The normalized spacial score (nSPS) is 11.7. The molecule has 0 atom stereocenters. The molecule has 0 aliphatic carbocycles. The zero-order valence-electron chi connectivity index (χ0n) is 11.5. The van der Waals surface area contributed by atoms with E-state index in [1.807, 2.05) is 0 Å². The van der Waals surface area contributed by atoms with Crippen LogP contribution in [0.25, 0.3) is 0 Å². The predicted molar refractivity (Wildman–Crippen MR) is 70.4 cm³/mol. The summed E-state index contributed by atoms with van der Waals surface area (Å²) in [6.07, 6.45) is -8.99. The first kappa shape index (κ1) is 17.4. The van der Waals surface area contributed by atoms with Crippen molar-refractivity contribution >= 4 is 11.4 Å². The molecule has 1 heterocycles. The number of nitrogens with one attached hydrogen (secondary N) is 1. The number of nitriles is 1. The highest BCUT2D eigenvalue weighted by Crippen LogP contribution is 2.32. The Labute approximate surface area is 131 Å². The lowest BCUT2D eigenvalue weighted by Crippen LogP contribution is -2.17. The van der Waals surface area contributed by atoms with Crippen LogP contribution in [0.2, 0.25) is 0 Å². The number of hydrogen-bond donors (Lipinski definition) is 1. The average Bonchev–Trinajstić information content (AvgIpc) is 2.47. The Bertz CT molecular complexity index is 762. The SMILES string of the molecule is N#Cc1ncc(C(F)(F)F)cc1Nc1ccc(OC(F)(F)F)cc1. The molecule has 2 rings (SSSR count). The maximum Gasteiger partial charge on any atom is 0.573 e. The second-order valence-corrected chi connectivity index (χ2v) is 4.43. The molecule has 0 aliphatic heterocycles. The highest BCUT2D eigenvalue weighted by Gasteiger charge is 2.32. The molecule has 1 aromatic heterocycles. The minimum absolute atomic E-state index is 0.155. The maximum absolute atomic E-state index is 12.7. The minimum atomic E-state index is -4.85. The van der Waals surface area contributed by atoms with E-state index in [4.69, 9.17) is 5.26 Å². The van der Waals surface area contributed by atoms with Gasteiger partial charge in [0.15, 0.2) is 5.69 Å². The molecule has 0 fully saturated rings. The van der Waals surface area contributed by atoms with Gasteiger partial charge in [-0.3, -0.25) is 0 Å². The van der Waals surface area contributed by atoms with Gasteiger partial charge in [0.25, 0.3) is 0 Å². The van der Waals surface area contributed by atoms with Gasteiger partial charge in [-0.25, -0.2) is 4.98 Å². The van der Waals surface area contributed by atoms with E-state index in [0.717, 1.165) is 24.3 Å². The van der Waals surface area contributed by atoms with Crippen LogP contribution in [0, 0.1) is 11.3 Å². The predicted octanol–water partition coefficient (Wildman–Crippen LogP) is 4.61. The first-order valence-corrected chi connectivity index (χ1v) is 6.18. The van der Waals surface area contributed by atoms with E-state index >= 15 is 0 Å². The summed E-state index contributed by atoms with van der Waals surface area (Å²) in [5.41, 5.74) is -1.43. The van der Waals surface area contributed by atoms with Gasteiger partial charge in [-0.05, 0) is 30.3 Å². The zero-order chi connectivity index (χ0) is 18.0. The van der Waals surface area contributed by atoms with Gasteiger partial charge >= 0.3 is 12.5 Å². The van der Waals surface area contributed by atoms with E-state index in [1.54, 1.807) is 6.07 Å². The molecule has 126 valence electrons. The third-order valence-electron chi connectivity index (χ3n) is 2.69. The lowest BCUT2D eigenvalue weighted by molar-refractivity contribution is -0.274. The molecule has 2 aromatic rings. The number of pyridine rings is 1. The molecule has 0 spiro atoms. The summed E-state index contributed by atoms with van der Waals surface area (Å²) in [6.45, 7) is 0. The fourth-order valence-electron chi connectivity index (χ4n) is 1.70. The molecule has 0 radical (unpaired) electrons. The molecular formula is C14H7F6N3O. The van der Waals surface area contributed by atoms with Crippen molar-refractivity contribution in [3.63, 3.8) is 0 Å². The number of ether oxygens (including phenoxy) is 1. The average molecular weight is 347 g/mol. The van der Waals surface area contributed by atoms with E-state index in [0.29, 0.717) is 12.3 Å². The minimum Gasteiger partial charge on any atom is -0.406 e. The Morgan fingerprint density at radius 3 is 2.17 bits per heavy atom. The summed E-state index contributed by atoms with van der Waals surface area (Å²) in [7, 11) is 0. The lowest BCUT2D eigenvalue weighted by atomic mass is 10.2. The summed E-state index contributed by atoms with van der Waals surface area (Å²) in [4.78, 5) is 3.41. The van der Waals surface area contributed by atoms with Crippen molar-refractivity contribution in [2.24, 2.45) is 0 Å². The number of benzene rings is 1. The third kappa shape index (κ3) is 4.52. The summed E-state index contributed by atoms with van der Waals surface area (Å²) < 4.78 is 77.9. The van der Waals surface area contributed by atoms with Crippen molar-refractivity contribution in [3.8, 4) is 11.8 Å². The van der Waals surface area contributed by atoms with Gasteiger partial charge in [-0.1, -0.05) is 0 Å². The fraction of sp³-hybridized carbons (Fsp3) is 0.143. The van der Waals surface area contributed by atoms with Crippen LogP contribution >= 0.6 is 0 Å². The molecule has 1 N–H and O–H groups in total. The number of nitrogens with zero attached hydrogens (tertiary/aromatic N) is 2. The van der Waals surface area contributed by atoms with Crippen LogP contribution in [0.3, 0.4) is 0 Å². The molecule has 0 aliphatic rings. The van der Waals surface area contributed by atoms with Gasteiger partial charge in [-0.2, -0.15) is 18.4 Å². The van der Waals surface area contributed by atoms with Crippen LogP contribution in [-0.2, 0) is 6.18 Å². The molecule has 10 heteroatoms. The second-order valence-electron chi connectivity index (χ2n) is 4.43. The number of halogens is 6. The zero-order valence-corrected chi connectivity index (χ0v) is 11.5. The van der Waals surface area contributed by atoms with Crippen molar-refractivity contribution < 1.29 is 31.1 Å². The van der Waals surface area contributed by atoms with Gasteiger partial charge in [-0.15, -0.1) is 13.2 Å².